The fourth-order valence-electron chi connectivity index (χ4n) is 1.32. The largest absolute Gasteiger partial charge is 0.413 e. The number of hydrogen-bond acceptors (Lipinski definition) is 2. The van der Waals surface area contributed by atoms with Crippen molar-refractivity contribution in [3.8, 4) is 0 Å². The summed E-state index contributed by atoms with van der Waals surface area (Å²) in [6.45, 7) is 13.6. The summed E-state index contributed by atoms with van der Waals surface area (Å²) >= 11 is 6.22. The zero-order valence-corrected chi connectivity index (χ0v) is 14.0. The molecule has 0 bridgehead atoms. The van der Waals surface area contributed by atoms with Crippen molar-refractivity contribution in [1.29, 1.82) is 0 Å². The fourth-order valence-corrected chi connectivity index (χ4v) is 2.54. The Morgan fingerprint density at radius 1 is 1.28 bits per heavy atom. The summed E-state index contributed by atoms with van der Waals surface area (Å²) in [6.07, 6.45) is 0. The number of benzene rings is 1. The van der Waals surface area contributed by atoms with Crippen molar-refractivity contribution >= 4 is 25.6 Å². The van der Waals surface area contributed by atoms with Gasteiger partial charge in [-0.05, 0) is 48.3 Å². The minimum Gasteiger partial charge on any atom is -0.413 e. The van der Waals surface area contributed by atoms with Crippen LogP contribution in [0.4, 0.5) is 5.69 Å². The van der Waals surface area contributed by atoms with Crippen LogP contribution in [0.3, 0.4) is 0 Å². The zero-order valence-electron chi connectivity index (χ0n) is 12.2. The highest BCUT2D eigenvalue weighted by atomic mass is 35.5. The average molecular weight is 286 g/mol. The van der Waals surface area contributed by atoms with Crippen LogP contribution in [0.2, 0.25) is 23.2 Å². The number of rotatable bonds is 3. The van der Waals surface area contributed by atoms with Gasteiger partial charge in [-0.3, -0.25) is 0 Å². The lowest BCUT2D eigenvalue weighted by Gasteiger charge is -2.36. The summed E-state index contributed by atoms with van der Waals surface area (Å²) in [5.41, 5.74) is 8.67. The van der Waals surface area contributed by atoms with E-state index in [0.29, 0.717) is 6.61 Å². The second-order valence-electron chi connectivity index (χ2n) is 6.35. The third kappa shape index (κ3) is 3.50. The van der Waals surface area contributed by atoms with Crippen molar-refractivity contribution in [2.45, 2.75) is 52.4 Å². The summed E-state index contributed by atoms with van der Waals surface area (Å²) in [6, 6.07) is 3.83. The van der Waals surface area contributed by atoms with Gasteiger partial charge in [0, 0.05) is 10.7 Å². The lowest BCUT2D eigenvalue weighted by molar-refractivity contribution is 0.276. The number of nitrogen functional groups attached to an aromatic ring is 1. The van der Waals surface area contributed by atoms with E-state index in [9.17, 15) is 0 Å². The van der Waals surface area contributed by atoms with Gasteiger partial charge in [0.25, 0.3) is 0 Å². The van der Waals surface area contributed by atoms with Crippen molar-refractivity contribution in [2.24, 2.45) is 0 Å². The van der Waals surface area contributed by atoms with Gasteiger partial charge in [0.15, 0.2) is 8.32 Å². The van der Waals surface area contributed by atoms with E-state index in [0.717, 1.165) is 21.8 Å². The highest BCUT2D eigenvalue weighted by Gasteiger charge is 2.37. The fraction of sp³-hybridized carbons (Fsp3) is 0.571. The minimum atomic E-state index is -1.74. The molecule has 1 aromatic rings. The highest BCUT2D eigenvalue weighted by Crippen LogP contribution is 2.37. The Labute approximate surface area is 117 Å². The zero-order chi connectivity index (χ0) is 14.1. The molecule has 102 valence electrons. The minimum absolute atomic E-state index is 0.204. The Hall–Kier alpha value is -0.513. The molecule has 0 fully saturated rings. The van der Waals surface area contributed by atoms with Gasteiger partial charge in [-0.1, -0.05) is 32.4 Å². The molecule has 0 atom stereocenters. The van der Waals surface area contributed by atoms with E-state index in [1.807, 2.05) is 19.1 Å². The molecule has 0 saturated carbocycles. The maximum Gasteiger partial charge on any atom is 0.192 e. The van der Waals surface area contributed by atoms with Crippen molar-refractivity contribution in [2.75, 3.05) is 5.73 Å². The van der Waals surface area contributed by atoms with Crippen LogP contribution >= 0.6 is 11.6 Å². The molecular weight excluding hydrogens is 262 g/mol. The topological polar surface area (TPSA) is 35.2 Å². The molecule has 0 heterocycles. The smallest absolute Gasteiger partial charge is 0.192 e. The molecule has 2 N–H and O–H groups in total. The molecule has 0 radical (unpaired) electrons. The SMILES string of the molecule is Cc1cc(Cl)c(CO[Si](C)(C)C(C)(C)C)cc1N. The van der Waals surface area contributed by atoms with Crippen LogP contribution in [0, 0.1) is 6.92 Å². The molecule has 0 aromatic heterocycles. The third-order valence-electron chi connectivity index (χ3n) is 3.83. The number of nitrogens with two attached hydrogens (primary N) is 1. The summed E-state index contributed by atoms with van der Waals surface area (Å²) in [5.74, 6) is 0. The third-order valence-corrected chi connectivity index (χ3v) is 8.66. The molecule has 2 nitrogen and oxygen atoms in total. The molecule has 0 aliphatic carbocycles. The lowest BCUT2D eigenvalue weighted by atomic mass is 10.1. The van der Waals surface area contributed by atoms with Crippen molar-refractivity contribution < 1.29 is 4.43 Å². The van der Waals surface area contributed by atoms with Gasteiger partial charge < -0.3 is 10.2 Å². The molecular formula is C14H24ClNOSi. The first kappa shape index (κ1) is 15.5. The molecule has 4 heteroatoms. The molecule has 0 unspecified atom stereocenters. The number of anilines is 1. The quantitative estimate of drug-likeness (QED) is 0.642. The lowest BCUT2D eigenvalue weighted by Crippen LogP contribution is -2.40. The van der Waals surface area contributed by atoms with Gasteiger partial charge in [-0.25, -0.2) is 0 Å². The van der Waals surface area contributed by atoms with E-state index in [1.54, 1.807) is 0 Å². The molecule has 18 heavy (non-hydrogen) atoms. The summed E-state index contributed by atoms with van der Waals surface area (Å²) in [4.78, 5) is 0. The van der Waals surface area contributed by atoms with Crippen LogP contribution in [0.25, 0.3) is 0 Å². The van der Waals surface area contributed by atoms with Crippen molar-refractivity contribution in [1.82, 2.24) is 0 Å². The molecule has 1 aromatic carbocycles. The van der Waals surface area contributed by atoms with Crippen molar-refractivity contribution in [3.63, 3.8) is 0 Å². The Bertz CT molecular complexity index is 438. The van der Waals surface area contributed by atoms with Crippen molar-refractivity contribution in [3.05, 3.63) is 28.3 Å². The second-order valence-corrected chi connectivity index (χ2v) is 11.6. The van der Waals surface area contributed by atoms with Gasteiger partial charge in [-0.15, -0.1) is 0 Å². The number of hydrogen-bond donors (Lipinski definition) is 1. The Balaban J connectivity index is 2.85. The molecule has 1 rings (SSSR count). The van der Waals surface area contributed by atoms with Gasteiger partial charge in [0.05, 0.1) is 6.61 Å². The maximum atomic E-state index is 6.22. The van der Waals surface area contributed by atoms with E-state index in [2.05, 4.69) is 33.9 Å². The Kier molecular flexibility index (Phi) is 4.52. The molecule has 0 saturated heterocycles. The van der Waals surface area contributed by atoms with E-state index < -0.39 is 8.32 Å². The Morgan fingerprint density at radius 2 is 1.83 bits per heavy atom. The van der Waals surface area contributed by atoms with E-state index in [1.165, 1.54) is 0 Å². The predicted molar refractivity (Wildman–Crippen MR) is 82.6 cm³/mol. The van der Waals surface area contributed by atoms with Crippen LogP contribution < -0.4 is 5.73 Å². The predicted octanol–water partition coefficient (Wildman–Crippen LogP) is 4.75. The normalized spacial score (nSPS) is 12.8. The standard InChI is InChI=1S/C14H24ClNOSi/c1-10-7-12(15)11(8-13(10)16)9-17-18(5,6)14(2,3)4/h7-8H,9,16H2,1-6H3. The first-order valence-corrected chi connectivity index (χ1v) is 9.51. The van der Waals surface area contributed by atoms with Crippen LogP contribution in [-0.2, 0) is 11.0 Å². The van der Waals surface area contributed by atoms with Gasteiger partial charge in [0.1, 0.15) is 0 Å². The van der Waals surface area contributed by atoms with Crippen LogP contribution in [0.5, 0.6) is 0 Å². The second kappa shape index (κ2) is 5.23. The van der Waals surface area contributed by atoms with Gasteiger partial charge >= 0.3 is 0 Å². The van der Waals surface area contributed by atoms with Crippen LogP contribution in [-0.4, -0.2) is 8.32 Å². The number of halogens is 1. The molecule has 0 spiro atoms. The summed E-state index contributed by atoms with van der Waals surface area (Å²) in [7, 11) is -1.74. The first-order valence-electron chi connectivity index (χ1n) is 6.23. The highest BCUT2D eigenvalue weighted by molar-refractivity contribution is 6.74. The van der Waals surface area contributed by atoms with Crippen LogP contribution in [0.1, 0.15) is 31.9 Å². The van der Waals surface area contributed by atoms with E-state index in [-0.39, 0.29) is 5.04 Å². The Morgan fingerprint density at radius 3 is 2.33 bits per heavy atom. The average Bonchev–Trinajstić information content (AvgIpc) is 2.20. The van der Waals surface area contributed by atoms with Crippen LogP contribution in [0.15, 0.2) is 12.1 Å². The summed E-state index contributed by atoms with van der Waals surface area (Å²) in [5, 5.41) is 0.941. The van der Waals surface area contributed by atoms with E-state index in [4.69, 9.17) is 21.8 Å². The van der Waals surface area contributed by atoms with E-state index >= 15 is 0 Å². The maximum absolute atomic E-state index is 6.22. The summed E-state index contributed by atoms with van der Waals surface area (Å²) < 4.78 is 6.15. The number of aryl methyl sites for hydroxylation is 1. The van der Waals surface area contributed by atoms with Gasteiger partial charge in [0.2, 0.25) is 0 Å². The monoisotopic (exact) mass is 285 g/mol. The molecule has 0 aliphatic rings. The molecule has 0 amide bonds. The molecule has 0 aliphatic heterocycles. The first-order chi connectivity index (χ1) is 8.04. The van der Waals surface area contributed by atoms with Gasteiger partial charge in [-0.2, -0.15) is 0 Å².